The van der Waals surface area contributed by atoms with Crippen LogP contribution in [0.25, 0.3) is 16.2 Å². The van der Waals surface area contributed by atoms with Crippen LogP contribution >= 0.6 is 34.5 Å². The van der Waals surface area contributed by atoms with Crippen LogP contribution in [0.5, 0.6) is 0 Å². The molecule has 2 aromatic carbocycles. The van der Waals surface area contributed by atoms with Crippen molar-refractivity contribution in [2.75, 3.05) is 5.32 Å². The van der Waals surface area contributed by atoms with E-state index in [2.05, 4.69) is 10.3 Å². The highest BCUT2D eigenvalue weighted by Gasteiger charge is 2.18. The third-order valence-electron chi connectivity index (χ3n) is 4.01. The predicted octanol–water partition coefficient (Wildman–Crippen LogP) is 5.93. The minimum absolute atomic E-state index is 0.197. The number of nitrogens with one attached hydrogen (secondary N) is 1. The van der Waals surface area contributed by atoms with Crippen molar-refractivity contribution in [3.63, 3.8) is 0 Å². The number of hydrogen-bond acceptors (Lipinski definition) is 3. The summed E-state index contributed by atoms with van der Waals surface area (Å²) in [6, 6.07) is 15.0. The van der Waals surface area contributed by atoms with Gasteiger partial charge < -0.3 is 5.32 Å². The number of hydrogen-bond donors (Lipinski definition) is 1. The fourth-order valence-electron chi connectivity index (χ4n) is 2.67. The summed E-state index contributed by atoms with van der Waals surface area (Å²) in [7, 11) is 0. The number of benzene rings is 2. The Morgan fingerprint density at radius 2 is 1.88 bits per heavy atom. The number of amides is 1. The van der Waals surface area contributed by atoms with E-state index in [1.165, 1.54) is 11.3 Å². The first kappa shape index (κ1) is 17.1. The van der Waals surface area contributed by atoms with Crippen molar-refractivity contribution < 1.29 is 4.79 Å². The smallest absolute Gasteiger partial charge is 0.267 e. The van der Waals surface area contributed by atoms with Gasteiger partial charge in [-0.05, 0) is 25.1 Å². The van der Waals surface area contributed by atoms with Gasteiger partial charge in [0.25, 0.3) is 5.91 Å². The van der Waals surface area contributed by atoms with E-state index in [9.17, 15) is 4.79 Å². The van der Waals surface area contributed by atoms with Gasteiger partial charge in [0.05, 0.1) is 15.7 Å². The monoisotopic (exact) mass is 401 g/mol. The maximum Gasteiger partial charge on any atom is 0.267 e. The van der Waals surface area contributed by atoms with Gasteiger partial charge >= 0.3 is 0 Å². The van der Waals surface area contributed by atoms with Crippen LogP contribution in [0.3, 0.4) is 0 Å². The first-order valence-corrected chi connectivity index (χ1v) is 9.40. The van der Waals surface area contributed by atoms with Crippen LogP contribution in [0.2, 0.25) is 10.0 Å². The van der Waals surface area contributed by atoms with Crippen molar-refractivity contribution in [3.05, 3.63) is 75.3 Å². The summed E-state index contributed by atoms with van der Waals surface area (Å²) in [6.07, 6.45) is 1.95. The Labute approximate surface area is 164 Å². The summed E-state index contributed by atoms with van der Waals surface area (Å²) < 4.78 is 1.94. The highest BCUT2D eigenvalue weighted by atomic mass is 35.5. The second-order valence-corrected chi connectivity index (χ2v) is 7.54. The first-order chi connectivity index (χ1) is 12.5. The molecule has 2 heterocycles. The second-order valence-electron chi connectivity index (χ2n) is 5.74. The molecule has 4 rings (SSSR count). The first-order valence-electron chi connectivity index (χ1n) is 7.83. The zero-order valence-electron chi connectivity index (χ0n) is 13.7. The molecule has 4 aromatic rings. The minimum Gasteiger partial charge on any atom is -0.321 e. The number of halogens is 2. The Bertz CT molecular complexity index is 1120. The van der Waals surface area contributed by atoms with Crippen LogP contribution in [0.15, 0.2) is 54.7 Å². The molecule has 7 heteroatoms. The number of imidazole rings is 1. The predicted molar refractivity (Wildman–Crippen MR) is 108 cm³/mol. The molecular formula is C19H13Cl2N3OS. The Kier molecular flexibility index (Phi) is 4.44. The number of thiazole rings is 1. The van der Waals surface area contributed by atoms with E-state index in [0.29, 0.717) is 20.6 Å². The van der Waals surface area contributed by atoms with Crippen LogP contribution in [0.1, 0.15) is 15.4 Å². The van der Waals surface area contributed by atoms with Crippen molar-refractivity contribution in [2.45, 2.75) is 6.92 Å². The molecule has 130 valence electrons. The standard InChI is InChI=1S/C19H13Cl2N3OS/c1-11-17(18(25)22-13-7-8-14(20)15(21)9-13)26-19-23-16(10-24(11)19)12-5-3-2-4-6-12/h2-10H,1H3,(H,22,25). The number of rotatable bonds is 3. The van der Waals surface area contributed by atoms with E-state index >= 15 is 0 Å². The van der Waals surface area contributed by atoms with E-state index in [1.807, 2.05) is 47.9 Å². The fourth-order valence-corrected chi connectivity index (χ4v) is 3.97. The maximum absolute atomic E-state index is 12.6. The van der Waals surface area contributed by atoms with Crippen LogP contribution in [-0.2, 0) is 0 Å². The third-order valence-corrected chi connectivity index (χ3v) is 5.90. The lowest BCUT2D eigenvalue weighted by Gasteiger charge is -2.05. The third kappa shape index (κ3) is 3.09. The van der Waals surface area contributed by atoms with Gasteiger partial charge in [0, 0.05) is 23.1 Å². The molecule has 1 amide bonds. The quantitative estimate of drug-likeness (QED) is 0.462. The second kappa shape index (κ2) is 6.76. The lowest BCUT2D eigenvalue weighted by atomic mass is 10.2. The molecule has 0 fully saturated rings. The molecule has 1 N–H and O–H groups in total. The summed E-state index contributed by atoms with van der Waals surface area (Å²) in [6.45, 7) is 1.91. The molecule has 0 spiro atoms. The molecule has 0 saturated carbocycles. The Hall–Kier alpha value is -2.34. The van der Waals surface area contributed by atoms with Crippen LogP contribution in [0, 0.1) is 6.92 Å². The summed E-state index contributed by atoms with van der Waals surface area (Å²) in [5, 5.41) is 3.70. The van der Waals surface area contributed by atoms with Crippen LogP contribution in [0.4, 0.5) is 5.69 Å². The van der Waals surface area contributed by atoms with Gasteiger partial charge in [-0.15, -0.1) is 0 Å². The van der Waals surface area contributed by atoms with E-state index < -0.39 is 0 Å². The molecule has 0 aliphatic heterocycles. The summed E-state index contributed by atoms with van der Waals surface area (Å²) in [4.78, 5) is 18.7. The Balaban J connectivity index is 1.64. The number of aryl methyl sites for hydroxylation is 1. The zero-order valence-corrected chi connectivity index (χ0v) is 16.0. The molecule has 2 aromatic heterocycles. The van der Waals surface area contributed by atoms with E-state index in [-0.39, 0.29) is 5.91 Å². The minimum atomic E-state index is -0.197. The number of anilines is 1. The van der Waals surface area contributed by atoms with Gasteiger partial charge in [-0.25, -0.2) is 4.98 Å². The Morgan fingerprint density at radius 3 is 2.58 bits per heavy atom. The van der Waals surface area contributed by atoms with Crippen molar-refractivity contribution in [1.29, 1.82) is 0 Å². The van der Waals surface area contributed by atoms with Crippen molar-refractivity contribution in [2.24, 2.45) is 0 Å². The molecule has 4 nitrogen and oxygen atoms in total. The SMILES string of the molecule is Cc1c(C(=O)Nc2ccc(Cl)c(Cl)c2)sc2nc(-c3ccccc3)cn12. The van der Waals surface area contributed by atoms with E-state index in [4.69, 9.17) is 23.2 Å². The van der Waals surface area contributed by atoms with Gasteiger partial charge in [0.2, 0.25) is 0 Å². The summed E-state index contributed by atoms with van der Waals surface area (Å²) >= 11 is 13.3. The molecule has 26 heavy (non-hydrogen) atoms. The van der Waals surface area contributed by atoms with Crippen molar-refractivity contribution in [3.8, 4) is 11.3 Å². The van der Waals surface area contributed by atoms with Gasteiger partial charge in [0.15, 0.2) is 4.96 Å². The van der Waals surface area contributed by atoms with Crippen molar-refractivity contribution >= 4 is 51.1 Å². The average molecular weight is 402 g/mol. The molecule has 0 bridgehead atoms. The topological polar surface area (TPSA) is 46.4 Å². The number of carbonyl (C=O) groups is 1. The molecule has 0 radical (unpaired) electrons. The lowest BCUT2D eigenvalue weighted by molar-refractivity contribution is 0.102. The normalized spacial score (nSPS) is 11.0. The number of fused-ring (bicyclic) bond motifs is 1. The molecule has 0 atom stereocenters. The highest BCUT2D eigenvalue weighted by molar-refractivity contribution is 7.19. The van der Waals surface area contributed by atoms with Gasteiger partial charge in [0.1, 0.15) is 4.88 Å². The van der Waals surface area contributed by atoms with Crippen LogP contribution < -0.4 is 5.32 Å². The van der Waals surface area contributed by atoms with E-state index in [1.54, 1.807) is 18.2 Å². The zero-order chi connectivity index (χ0) is 18.3. The van der Waals surface area contributed by atoms with Gasteiger partial charge in [-0.3, -0.25) is 9.20 Å². The van der Waals surface area contributed by atoms with Crippen molar-refractivity contribution in [1.82, 2.24) is 9.38 Å². The summed E-state index contributed by atoms with van der Waals surface area (Å²) in [5.74, 6) is -0.197. The number of carbonyl (C=O) groups excluding carboxylic acids is 1. The molecule has 0 aliphatic carbocycles. The molecule has 0 saturated heterocycles. The molecule has 0 aliphatic rings. The van der Waals surface area contributed by atoms with Crippen LogP contribution in [-0.4, -0.2) is 15.3 Å². The van der Waals surface area contributed by atoms with Gasteiger partial charge in [-0.2, -0.15) is 0 Å². The van der Waals surface area contributed by atoms with Gasteiger partial charge in [-0.1, -0.05) is 64.9 Å². The average Bonchev–Trinajstić information content (AvgIpc) is 3.19. The fraction of sp³-hybridized carbons (Fsp3) is 0.0526. The Morgan fingerprint density at radius 1 is 1.12 bits per heavy atom. The molecular weight excluding hydrogens is 389 g/mol. The summed E-state index contributed by atoms with van der Waals surface area (Å²) in [5.41, 5.74) is 3.37. The highest BCUT2D eigenvalue weighted by Crippen LogP contribution is 2.29. The maximum atomic E-state index is 12.6. The molecule has 0 unspecified atom stereocenters. The number of nitrogens with zero attached hydrogens (tertiary/aromatic N) is 2. The largest absolute Gasteiger partial charge is 0.321 e. The number of aromatic nitrogens is 2. The lowest BCUT2D eigenvalue weighted by Crippen LogP contribution is -2.11. The van der Waals surface area contributed by atoms with E-state index in [0.717, 1.165) is 21.9 Å².